The first-order valence-electron chi connectivity index (χ1n) is 6.78. The molecule has 2 rings (SSSR count). The highest BCUT2D eigenvalue weighted by molar-refractivity contribution is 5.87. The van der Waals surface area contributed by atoms with Crippen LogP contribution in [-0.2, 0) is 6.54 Å². The van der Waals surface area contributed by atoms with E-state index in [0.29, 0.717) is 5.92 Å². The van der Waals surface area contributed by atoms with Gasteiger partial charge in [0, 0.05) is 23.1 Å². The van der Waals surface area contributed by atoms with E-state index in [1.807, 2.05) is 0 Å². The lowest BCUT2D eigenvalue weighted by Gasteiger charge is -2.08. The number of benzene rings is 1. The highest BCUT2D eigenvalue weighted by Gasteiger charge is 2.10. The molecule has 1 aromatic carbocycles. The zero-order valence-corrected chi connectivity index (χ0v) is 12.1. The summed E-state index contributed by atoms with van der Waals surface area (Å²) in [5.74, 6) is 0.694. The smallest absolute Gasteiger partial charge is 0.0489 e. The molecule has 0 saturated carbocycles. The molecule has 1 aromatic heterocycles. The van der Waals surface area contributed by atoms with Gasteiger partial charge in [0.05, 0.1) is 0 Å². The van der Waals surface area contributed by atoms with Crippen molar-refractivity contribution in [3.63, 3.8) is 0 Å². The average molecular weight is 244 g/mol. The molecule has 0 fully saturated rings. The molecule has 2 heteroatoms. The lowest BCUT2D eigenvalue weighted by Crippen LogP contribution is -2.19. The molecule has 18 heavy (non-hydrogen) atoms. The van der Waals surface area contributed by atoms with Crippen LogP contribution in [0, 0.1) is 26.7 Å². The molecule has 0 aliphatic rings. The summed E-state index contributed by atoms with van der Waals surface area (Å²) in [6.07, 6.45) is 0. The van der Waals surface area contributed by atoms with Gasteiger partial charge in [-0.05, 0) is 50.4 Å². The number of H-pyrrole nitrogens is 1. The van der Waals surface area contributed by atoms with E-state index >= 15 is 0 Å². The van der Waals surface area contributed by atoms with Crippen molar-refractivity contribution in [3.05, 3.63) is 34.5 Å². The fourth-order valence-electron chi connectivity index (χ4n) is 2.55. The van der Waals surface area contributed by atoms with E-state index in [0.717, 1.165) is 13.1 Å². The van der Waals surface area contributed by atoms with Crippen molar-refractivity contribution >= 4 is 10.9 Å². The Morgan fingerprint density at radius 1 is 1.17 bits per heavy atom. The fraction of sp³-hybridized carbons (Fsp3) is 0.500. The van der Waals surface area contributed by atoms with Gasteiger partial charge in [-0.25, -0.2) is 0 Å². The molecule has 0 unspecified atom stereocenters. The Morgan fingerprint density at radius 3 is 2.56 bits per heavy atom. The summed E-state index contributed by atoms with van der Waals surface area (Å²) in [6, 6.07) is 4.53. The van der Waals surface area contributed by atoms with Crippen molar-refractivity contribution < 1.29 is 0 Å². The van der Waals surface area contributed by atoms with Gasteiger partial charge in [0.2, 0.25) is 0 Å². The van der Waals surface area contributed by atoms with Gasteiger partial charge in [0.25, 0.3) is 0 Å². The molecular formula is C16H24N2. The zero-order valence-electron chi connectivity index (χ0n) is 12.1. The van der Waals surface area contributed by atoms with E-state index in [-0.39, 0.29) is 0 Å². The van der Waals surface area contributed by atoms with Crippen molar-refractivity contribution in [1.82, 2.24) is 10.3 Å². The van der Waals surface area contributed by atoms with Gasteiger partial charge in [-0.15, -0.1) is 0 Å². The minimum atomic E-state index is 0.694. The normalized spacial score (nSPS) is 11.7. The predicted molar refractivity (Wildman–Crippen MR) is 79.1 cm³/mol. The van der Waals surface area contributed by atoms with E-state index in [1.165, 1.54) is 33.3 Å². The third kappa shape index (κ3) is 2.59. The topological polar surface area (TPSA) is 27.8 Å². The Hall–Kier alpha value is -1.28. The summed E-state index contributed by atoms with van der Waals surface area (Å²) < 4.78 is 0. The molecule has 2 aromatic rings. The molecule has 1 heterocycles. The molecule has 0 amide bonds. The number of nitrogens with one attached hydrogen (secondary N) is 2. The van der Waals surface area contributed by atoms with Gasteiger partial charge >= 0.3 is 0 Å². The van der Waals surface area contributed by atoms with E-state index in [2.05, 4.69) is 57.1 Å². The number of rotatable bonds is 4. The summed E-state index contributed by atoms with van der Waals surface area (Å²) in [4.78, 5) is 3.52. The molecule has 98 valence electrons. The molecule has 0 bridgehead atoms. The second-order valence-corrected chi connectivity index (χ2v) is 5.76. The number of aromatic amines is 1. The molecule has 0 atom stereocenters. The molecule has 0 radical (unpaired) electrons. The van der Waals surface area contributed by atoms with Crippen LogP contribution < -0.4 is 5.32 Å². The van der Waals surface area contributed by atoms with Crippen LogP contribution in [0.5, 0.6) is 0 Å². The Kier molecular flexibility index (Phi) is 3.76. The molecule has 0 aliphatic heterocycles. The van der Waals surface area contributed by atoms with E-state index < -0.39 is 0 Å². The third-order valence-corrected chi connectivity index (χ3v) is 3.42. The summed E-state index contributed by atoms with van der Waals surface area (Å²) >= 11 is 0. The quantitative estimate of drug-likeness (QED) is 0.840. The average Bonchev–Trinajstić information content (AvgIpc) is 2.56. The maximum atomic E-state index is 3.54. The zero-order chi connectivity index (χ0) is 13.3. The van der Waals surface area contributed by atoms with E-state index in [9.17, 15) is 0 Å². The predicted octanol–water partition coefficient (Wildman–Crippen LogP) is 3.84. The molecule has 0 spiro atoms. The standard InChI is InChI=1S/C16H24N2/c1-10(2)8-17-9-15-13(5)18-16-12(4)6-11(3)7-14(15)16/h6-7,10,17-18H,8-9H2,1-5H3. The van der Waals surface area contributed by atoms with Crippen molar-refractivity contribution in [2.45, 2.75) is 41.2 Å². The van der Waals surface area contributed by atoms with E-state index in [4.69, 9.17) is 0 Å². The monoisotopic (exact) mass is 244 g/mol. The Bertz CT molecular complexity index is 550. The minimum Gasteiger partial charge on any atom is -0.358 e. The van der Waals surface area contributed by atoms with Crippen molar-refractivity contribution in [2.75, 3.05) is 6.54 Å². The van der Waals surface area contributed by atoms with Gasteiger partial charge < -0.3 is 10.3 Å². The summed E-state index contributed by atoms with van der Waals surface area (Å²) in [5, 5.41) is 4.92. The van der Waals surface area contributed by atoms with Crippen molar-refractivity contribution in [1.29, 1.82) is 0 Å². The maximum absolute atomic E-state index is 3.54. The highest BCUT2D eigenvalue weighted by Crippen LogP contribution is 2.26. The number of fused-ring (bicyclic) bond motifs is 1. The van der Waals surface area contributed by atoms with Gasteiger partial charge in [0.1, 0.15) is 0 Å². The second kappa shape index (κ2) is 5.15. The summed E-state index contributed by atoms with van der Waals surface area (Å²) in [6.45, 7) is 13.0. The number of hydrogen-bond donors (Lipinski definition) is 2. The highest BCUT2D eigenvalue weighted by atomic mass is 14.9. The van der Waals surface area contributed by atoms with Crippen LogP contribution in [0.25, 0.3) is 10.9 Å². The van der Waals surface area contributed by atoms with E-state index in [1.54, 1.807) is 0 Å². The summed E-state index contributed by atoms with van der Waals surface area (Å²) in [5.41, 5.74) is 6.67. The van der Waals surface area contributed by atoms with Gasteiger partial charge in [-0.2, -0.15) is 0 Å². The SMILES string of the molecule is Cc1cc(C)c2[nH]c(C)c(CNCC(C)C)c2c1. The van der Waals surface area contributed by atoms with Crippen LogP contribution in [0.2, 0.25) is 0 Å². The van der Waals surface area contributed by atoms with Gasteiger partial charge in [0.15, 0.2) is 0 Å². The maximum Gasteiger partial charge on any atom is 0.0489 e. The Labute approximate surface area is 110 Å². The van der Waals surface area contributed by atoms with Crippen LogP contribution in [0.3, 0.4) is 0 Å². The molecule has 0 saturated heterocycles. The number of hydrogen-bond acceptors (Lipinski definition) is 1. The molecule has 2 N–H and O–H groups in total. The van der Waals surface area contributed by atoms with Gasteiger partial charge in [-0.1, -0.05) is 25.5 Å². The molecule has 2 nitrogen and oxygen atoms in total. The first-order chi connectivity index (χ1) is 8.49. The second-order valence-electron chi connectivity index (χ2n) is 5.76. The lowest BCUT2D eigenvalue weighted by molar-refractivity contribution is 0.552. The Balaban J connectivity index is 2.34. The lowest BCUT2D eigenvalue weighted by atomic mass is 10.0. The largest absolute Gasteiger partial charge is 0.358 e. The van der Waals surface area contributed by atoms with Crippen LogP contribution in [0.1, 0.15) is 36.2 Å². The summed E-state index contributed by atoms with van der Waals surface area (Å²) in [7, 11) is 0. The molecular weight excluding hydrogens is 220 g/mol. The fourth-order valence-corrected chi connectivity index (χ4v) is 2.55. The Morgan fingerprint density at radius 2 is 1.89 bits per heavy atom. The van der Waals surface area contributed by atoms with Gasteiger partial charge in [-0.3, -0.25) is 0 Å². The first kappa shape index (κ1) is 13.2. The third-order valence-electron chi connectivity index (χ3n) is 3.42. The minimum absolute atomic E-state index is 0.694. The first-order valence-corrected chi connectivity index (χ1v) is 6.78. The van der Waals surface area contributed by atoms with Crippen molar-refractivity contribution in [3.8, 4) is 0 Å². The number of aromatic nitrogens is 1. The van der Waals surface area contributed by atoms with Crippen LogP contribution in [0.15, 0.2) is 12.1 Å². The van der Waals surface area contributed by atoms with Crippen molar-refractivity contribution in [2.24, 2.45) is 5.92 Å². The van der Waals surface area contributed by atoms with Crippen LogP contribution >= 0.6 is 0 Å². The number of aryl methyl sites for hydroxylation is 3. The molecule has 0 aliphatic carbocycles. The van der Waals surface area contributed by atoms with Crippen LogP contribution in [-0.4, -0.2) is 11.5 Å². The van der Waals surface area contributed by atoms with Crippen LogP contribution in [0.4, 0.5) is 0 Å².